The molecule has 10 heteroatoms. The van der Waals surface area contributed by atoms with E-state index in [4.69, 9.17) is 14.5 Å². The van der Waals surface area contributed by atoms with Crippen molar-refractivity contribution in [1.82, 2.24) is 14.8 Å². The molecule has 10 nitrogen and oxygen atoms in total. The molecule has 0 spiro atoms. The Balaban J connectivity index is 0.998. The number of ether oxygens (including phenoxy) is 2. The number of pyridine rings is 1. The molecule has 4 atom stereocenters. The summed E-state index contributed by atoms with van der Waals surface area (Å²) in [5.41, 5.74) is 4.92. The first-order valence-electron chi connectivity index (χ1n) is 13.8. The van der Waals surface area contributed by atoms with E-state index >= 15 is 0 Å². The number of carbonyl (C=O) groups is 2. The smallest absolute Gasteiger partial charge is 0.338 e. The number of aryl methyl sites for hydroxylation is 1. The molecule has 7 rings (SSSR count). The summed E-state index contributed by atoms with van der Waals surface area (Å²) in [5.74, 6) is 0.667. The Bertz CT molecular complexity index is 1380. The fourth-order valence-corrected chi connectivity index (χ4v) is 6.48. The number of fused-ring (bicyclic) bond motifs is 3. The van der Waals surface area contributed by atoms with Crippen LogP contribution in [0.5, 0.6) is 0 Å². The molecule has 2 aromatic rings. The van der Waals surface area contributed by atoms with Gasteiger partial charge in [0.05, 0.1) is 30.2 Å². The van der Waals surface area contributed by atoms with Crippen molar-refractivity contribution in [3.05, 3.63) is 58.3 Å². The molecule has 39 heavy (non-hydrogen) atoms. The van der Waals surface area contributed by atoms with Crippen molar-refractivity contribution in [1.29, 1.82) is 0 Å². The maximum absolute atomic E-state index is 13.7. The molecule has 1 amide bonds. The molecule has 5 heterocycles. The zero-order valence-corrected chi connectivity index (χ0v) is 22.0. The van der Waals surface area contributed by atoms with Crippen LogP contribution in [-0.2, 0) is 27.3 Å². The summed E-state index contributed by atoms with van der Waals surface area (Å²) in [7, 11) is 0. The van der Waals surface area contributed by atoms with Crippen LogP contribution in [0.25, 0.3) is 0 Å². The molecule has 4 unspecified atom stereocenters. The lowest BCUT2D eigenvalue weighted by atomic mass is 9.98. The second kappa shape index (κ2) is 9.84. The van der Waals surface area contributed by atoms with E-state index in [0.29, 0.717) is 31.9 Å². The Labute approximate surface area is 227 Å². The van der Waals surface area contributed by atoms with Gasteiger partial charge in [-0.1, -0.05) is 6.07 Å². The average molecular weight is 529 g/mol. The van der Waals surface area contributed by atoms with Crippen LogP contribution in [0.1, 0.15) is 64.4 Å². The second-order valence-corrected chi connectivity index (χ2v) is 11.1. The zero-order valence-electron chi connectivity index (χ0n) is 22.0. The van der Waals surface area contributed by atoms with Gasteiger partial charge in [0.15, 0.2) is 0 Å². The number of rotatable bonds is 3. The zero-order chi connectivity index (χ0) is 26.5. The van der Waals surface area contributed by atoms with Crippen molar-refractivity contribution >= 4 is 30.2 Å². The first kappa shape index (κ1) is 24.4. The molecule has 2 fully saturated rings. The lowest BCUT2D eigenvalue weighted by Crippen LogP contribution is -2.60. The van der Waals surface area contributed by atoms with Gasteiger partial charge in [0.1, 0.15) is 18.8 Å². The average Bonchev–Trinajstić information content (AvgIpc) is 3.49. The van der Waals surface area contributed by atoms with E-state index in [0.717, 1.165) is 54.9 Å². The molecule has 4 aliphatic heterocycles. The van der Waals surface area contributed by atoms with Crippen LogP contribution in [0.3, 0.4) is 0 Å². The van der Waals surface area contributed by atoms with E-state index < -0.39 is 0 Å². The monoisotopic (exact) mass is 528 g/mol. The van der Waals surface area contributed by atoms with Crippen LogP contribution in [0.2, 0.25) is 0 Å². The highest BCUT2D eigenvalue weighted by Crippen LogP contribution is 2.37. The molecule has 1 aromatic heterocycles. The maximum atomic E-state index is 13.7. The number of carbonyl (C=O) groups excluding carboxylic acids is 2. The molecule has 0 saturated carbocycles. The Kier molecular flexibility index (Phi) is 6.16. The summed E-state index contributed by atoms with van der Waals surface area (Å²) < 4.78 is 11.4. The van der Waals surface area contributed by atoms with Crippen molar-refractivity contribution in [2.45, 2.75) is 56.9 Å². The number of morpholine rings is 1. The fourth-order valence-electron chi connectivity index (χ4n) is 6.48. The minimum absolute atomic E-state index is 0.0463. The van der Waals surface area contributed by atoms with Gasteiger partial charge < -0.3 is 19.3 Å². The van der Waals surface area contributed by atoms with Gasteiger partial charge in [-0.15, -0.1) is 5.10 Å². The fraction of sp³-hybridized carbons (Fsp3) is 0.483. The molecule has 0 N–H and O–H groups in total. The van der Waals surface area contributed by atoms with Gasteiger partial charge in [-0.05, 0) is 54.7 Å². The highest BCUT2D eigenvalue weighted by Gasteiger charge is 2.39. The Morgan fingerprint density at radius 3 is 2.95 bits per heavy atom. The van der Waals surface area contributed by atoms with Crippen molar-refractivity contribution in [3.63, 3.8) is 0 Å². The topological polar surface area (TPSA) is 99.9 Å². The van der Waals surface area contributed by atoms with Gasteiger partial charge in [-0.2, -0.15) is 5.10 Å². The third-order valence-corrected chi connectivity index (χ3v) is 8.78. The van der Waals surface area contributed by atoms with E-state index in [1.165, 1.54) is 5.56 Å². The number of cyclic esters (lactones) is 1. The molecular weight excluding hydrogens is 496 g/mol. The summed E-state index contributed by atoms with van der Waals surface area (Å²) in [5, 5.41) is 8.10. The molecule has 0 radical (unpaired) electrons. The molecular formula is C29H32N6O4. The Morgan fingerprint density at radius 1 is 1.10 bits per heavy atom. The van der Waals surface area contributed by atoms with Crippen LogP contribution in [0.4, 0.5) is 5.82 Å². The minimum atomic E-state index is -0.250. The van der Waals surface area contributed by atoms with E-state index in [1.807, 2.05) is 40.4 Å². The number of nitrogens with zero attached hydrogens (tertiary/aromatic N) is 6. The number of hydrogen-bond donors (Lipinski definition) is 0. The van der Waals surface area contributed by atoms with E-state index in [9.17, 15) is 9.59 Å². The Hall–Kier alpha value is -3.63. The summed E-state index contributed by atoms with van der Waals surface area (Å²) >= 11 is 0. The molecule has 1 aromatic carbocycles. The summed E-state index contributed by atoms with van der Waals surface area (Å²) in [6.07, 6.45) is 7.91. The van der Waals surface area contributed by atoms with Gasteiger partial charge >= 0.3 is 5.97 Å². The van der Waals surface area contributed by atoms with Gasteiger partial charge in [0, 0.05) is 56.6 Å². The van der Waals surface area contributed by atoms with Crippen molar-refractivity contribution in [2.24, 2.45) is 10.2 Å². The van der Waals surface area contributed by atoms with Crippen molar-refractivity contribution in [2.75, 3.05) is 37.7 Å². The predicted molar refractivity (Wildman–Crippen MR) is 145 cm³/mol. The number of benzene rings is 1. The van der Waals surface area contributed by atoms with E-state index in [1.54, 1.807) is 6.34 Å². The van der Waals surface area contributed by atoms with Crippen LogP contribution < -0.4 is 4.90 Å². The largest absolute Gasteiger partial charge is 0.457 e. The van der Waals surface area contributed by atoms with Gasteiger partial charge in [0.2, 0.25) is 5.91 Å². The molecule has 0 bridgehead atoms. The summed E-state index contributed by atoms with van der Waals surface area (Å²) in [4.78, 5) is 36.7. The van der Waals surface area contributed by atoms with E-state index in [-0.39, 0.29) is 36.0 Å². The third-order valence-electron chi connectivity index (χ3n) is 8.78. The molecule has 202 valence electrons. The maximum Gasteiger partial charge on any atom is 0.338 e. The van der Waals surface area contributed by atoms with E-state index in [2.05, 4.69) is 28.1 Å². The Morgan fingerprint density at radius 2 is 2.03 bits per heavy atom. The number of hydrogen-bond acceptors (Lipinski definition) is 9. The number of amides is 1. The highest BCUT2D eigenvalue weighted by atomic mass is 16.5. The molecule has 2 saturated heterocycles. The SMILES string of the molecule is CC1CC=NN=CN1c1cc2c(cn1)C(C(=O)N1CCN3CC(c4ccc5c(c4)COC5=O)OCC3C1)CC2. The highest BCUT2D eigenvalue weighted by molar-refractivity contribution is 5.93. The number of anilines is 1. The number of piperazine rings is 1. The first-order valence-corrected chi connectivity index (χ1v) is 13.8. The minimum Gasteiger partial charge on any atom is -0.457 e. The van der Waals surface area contributed by atoms with Crippen molar-refractivity contribution in [3.8, 4) is 0 Å². The van der Waals surface area contributed by atoms with Crippen LogP contribution in [0.15, 0.2) is 40.7 Å². The van der Waals surface area contributed by atoms with Gasteiger partial charge in [-0.3, -0.25) is 9.69 Å². The normalized spacial score (nSPS) is 28.1. The summed E-state index contributed by atoms with van der Waals surface area (Å²) in [6.45, 7) is 6.04. The molecule has 1 aliphatic carbocycles. The van der Waals surface area contributed by atoms with Crippen molar-refractivity contribution < 1.29 is 19.1 Å². The van der Waals surface area contributed by atoms with Gasteiger partial charge in [0.25, 0.3) is 0 Å². The number of esters is 1. The van der Waals surface area contributed by atoms with Crippen LogP contribution >= 0.6 is 0 Å². The standard InChI is InChI=1S/C29H32N6O4/c1-18-6-7-31-32-17-35(18)27-11-19-2-5-24(25(19)12-30-27)28(36)34-9-8-33-14-26(38-16-22(33)13-34)20-3-4-23-21(10-20)15-39-29(23)37/h3-4,7,10-12,17-18,22,24,26H,2,5-6,8-9,13-16H2,1H3. The quantitative estimate of drug-likeness (QED) is 0.565. The predicted octanol–water partition coefficient (Wildman–Crippen LogP) is 2.68. The third kappa shape index (κ3) is 4.41. The summed E-state index contributed by atoms with van der Waals surface area (Å²) in [6, 6.07) is 8.38. The second-order valence-electron chi connectivity index (χ2n) is 11.1. The van der Waals surface area contributed by atoms with Crippen LogP contribution in [0, 0.1) is 0 Å². The van der Waals surface area contributed by atoms with Crippen LogP contribution in [-0.4, -0.2) is 84.1 Å². The van der Waals surface area contributed by atoms with Gasteiger partial charge in [-0.25, -0.2) is 9.78 Å². The lowest BCUT2D eigenvalue weighted by molar-refractivity contribution is -0.141. The first-order chi connectivity index (χ1) is 19.0. The molecule has 5 aliphatic rings. The lowest BCUT2D eigenvalue weighted by Gasteiger charge is -2.46. The number of aromatic nitrogens is 1.